The van der Waals surface area contributed by atoms with Crippen molar-refractivity contribution in [3.63, 3.8) is 0 Å². The van der Waals surface area contributed by atoms with Gasteiger partial charge in [0, 0.05) is 19.6 Å². The van der Waals surface area contributed by atoms with Gasteiger partial charge in [0.15, 0.2) is 0 Å². The minimum atomic E-state index is -4.36. The Labute approximate surface area is 115 Å². The normalized spacial score (nSPS) is 19.2. The Morgan fingerprint density at radius 2 is 2.05 bits per heavy atom. The highest BCUT2D eigenvalue weighted by molar-refractivity contribution is 5.86. The van der Waals surface area contributed by atoms with Gasteiger partial charge in [0.2, 0.25) is 5.91 Å². The smallest absolute Gasteiger partial charge is 0.336 e. The lowest BCUT2D eigenvalue weighted by Crippen LogP contribution is -2.60. The van der Waals surface area contributed by atoms with E-state index in [0.717, 1.165) is 12.1 Å². The van der Waals surface area contributed by atoms with Gasteiger partial charge in [0.05, 0.1) is 11.1 Å². The molecule has 6 heteroatoms. The average Bonchev–Trinajstić information content (AvgIpc) is 2.34. The minimum Gasteiger partial charge on any atom is -0.336 e. The number of nitrogens with one attached hydrogen (secondary N) is 1. The van der Waals surface area contributed by atoms with Crippen LogP contribution in [0, 0.1) is 0 Å². The largest absolute Gasteiger partial charge is 0.416 e. The second-order valence-corrected chi connectivity index (χ2v) is 5.48. The number of hydrogen-bond acceptors (Lipinski definition) is 2. The Bertz CT molecular complexity index is 511. The zero-order valence-corrected chi connectivity index (χ0v) is 11.4. The van der Waals surface area contributed by atoms with E-state index in [1.807, 2.05) is 0 Å². The minimum absolute atomic E-state index is 0.0961. The summed E-state index contributed by atoms with van der Waals surface area (Å²) >= 11 is 0. The first-order valence-corrected chi connectivity index (χ1v) is 6.41. The lowest BCUT2D eigenvalue weighted by Gasteiger charge is -2.38. The molecule has 1 saturated heterocycles. The number of halogens is 3. The van der Waals surface area contributed by atoms with Gasteiger partial charge in [0.1, 0.15) is 0 Å². The number of carbonyl (C=O) groups excluding carboxylic acids is 1. The van der Waals surface area contributed by atoms with Gasteiger partial charge in [-0.1, -0.05) is 12.1 Å². The Hall–Kier alpha value is -1.56. The molecule has 1 aliphatic rings. The molecule has 1 heterocycles. The van der Waals surface area contributed by atoms with E-state index in [2.05, 4.69) is 5.32 Å². The number of amides is 1. The van der Waals surface area contributed by atoms with Crippen LogP contribution in [0.5, 0.6) is 0 Å². The summed E-state index contributed by atoms with van der Waals surface area (Å²) in [5.74, 6) is -0.0961. The molecule has 1 amide bonds. The van der Waals surface area contributed by atoms with Crippen molar-refractivity contribution in [3.05, 3.63) is 35.4 Å². The van der Waals surface area contributed by atoms with Crippen molar-refractivity contribution in [2.75, 3.05) is 13.1 Å². The Morgan fingerprint density at radius 3 is 2.70 bits per heavy atom. The molecule has 0 radical (unpaired) electrons. The highest BCUT2D eigenvalue weighted by atomic mass is 19.4. The Morgan fingerprint density at radius 1 is 1.35 bits per heavy atom. The number of benzene rings is 1. The fraction of sp³-hybridized carbons (Fsp3) is 0.500. The molecule has 3 nitrogen and oxygen atoms in total. The number of rotatable bonds is 2. The fourth-order valence-electron chi connectivity index (χ4n) is 2.29. The molecule has 0 unspecified atom stereocenters. The molecule has 1 aromatic carbocycles. The van der Waals surface area contributed by atoms with Crippen molar-refractivity contribution in [1.82, 2.24) is 10.2 Å². The van der Waals surface area contributed by atoms with Gasteiger partial charge in [-0.25, -0.2) is 0 Å². The van der Waals surface area contributed by atoms with Crippen molar-refractivity contribution in [2.45, 2.75) is 32.1 Å². The maximum Gasteiger partial charge on any atom is 0.416 e. The number of piperazine rings is 1. The molecule has 1 N–H and O–H groups in total. The van der Waals surface area contributed by atoms with E-state index in [-0.39, 0.29) is 12.5 Å². The number of nitrogens with zero attached hydrogens (tertiary/aromatic N) is 1. The fourth-order valence-corrected chi connectivity index (χ4v) is 2.29. The van der Waals surface area contributed by atoms with Crippen LogP contribution in [0.2, 0.25) is 0 Å². The van der Waals surface area contributed by atoms with Crippen LogP contribution in [0.25, 0.3) is 0 Å². The predicted molar refractivity (Wildman–Crippen MR) is 68.9 cm³/mol. The van der Waals surface area contributed by atoms with Crippen LogP contribution in [-0.4, -0.2) is 29.4 Å². The molecule has 2 rings (SSSR count). The van der Waals surface area contributed by atoms with E-state index in [9.17, 15) is 18.0 Å². The van der Waals surface area contributed by atoms with Crippen LogP contribution >= 0.6 is 0 Å². The first kappa shape index (κ1) is 14.8. The summed E-state index contributed by atoms with van der Waals surface area (Å²) in [6.45, 7) is 4.88. The third-order valence-corrected chi connectivity index (χ3v) is 3.40. The lowest BCUT2D eigenvalue weighted by atomic mass is 10.00. The summed E-state index contributed by atoms with van der Waals surface area (Å²) in [6.07, 6.45) is -4.36. The van der Waals surface area contributed by atoms with Crippen LogP contribution in [-0.2, 0) is 17.5 Å². The van der Waals surface area contributed by atoms with Crippen molar-refractivity contribution >= 4 is 5.91 Å². The zero-order valence-electron chi connectivity index (χ0n) is 11.4. The van der Waals surface area contributed by atoms with Gasteiger partial charge in [0.25, 0.3) is 0 Å². The van der Waals surface area contributed by atoms with Crippen molar-refractivity contribution < 1.29 is 18.0 Å². The third-order valence-electron chi connectivity index (χ3n) is 3.40. The molecule has 1 aliphatic heterocycles. The molecule has 1 fully saturated rings. The number of hydrogen-bond donors (Lipinski definition) is 1. The lowest BCUT2D eigenvalue weighted by molar-refractivity contribution is -0.140. The van der Waals surface area contributed by atoms with Crippen molar-refractivity contribution in [1.29, 1.82) is 0 Å². The van der Waals surface area contributed by atoms with E-state index < -0.39 is 17.3 Å². The number of carbonyl (C=O) groups is 1. The SMILES string of the molecule is CC1(C)NCCN(Cc2cccc(C(F)(F)F)c2)C1=O. The summed E-state index contributed by atoms with van der Waals surface area (Å²) in [5, 5.41) is 3.09. The standard InChI is InChI=1S/C14H17F3N2O/c1-13(2)12(20)19(7-6-18-13)9-10-4-3-5-11(8-10)14(15,16)17/h3-5,8,18H,6-7,9H2,1-2H3. The van der Waals surface area contributed by atoms with Crippen LogP contribution in [0.3, 0.4) is 0 Å². The molecule has 0 atom stereocenters. The summed E-state index contributed by atoms with van der Waals surface area (Å²) in [7, 11) is 0. The summed E-state index contributed by atoms with van der Waals surface area (Å²) in [5.41, 5.74) is -0.859. The summed E-state index contributed by atoms with van der Waals surface area (Å²) in [6, 6.07) is 5.11. The van der Waals surface area contributed by atoms with Gasteiger partial charge in [-0.3, -0.25) is 4.79 Å². The third kappa shape index (κ3) is 3.12. The molecular weight excluding hydrogens is 269 g/mol. The van der Waals surface area contributed by atoms with Crippen LogP contribution in [0.1, 0.15) is 25.0 Å². The van der Waals surface area contributed by atoms with Gasteiger partial charge in [-0.2, -0.15) is 13.2 Å². The van der Waals surface area contributed by atoms with Crippen molar-refractivity contribution in [3.8, 4) is 0 Å². The molecule has 110 valence electrons. The molecule has 1 aromatic rings. The maximum atomic E-state index is 12.7. The number of alkyl halides is 3. The van der Waals surface area contributed by atoms with E-state index in [1.54, 1.807) is 24.8 Å². The Balaban J connectivity index is 2.16. The first-order valence-electron chi connectivity index (χ1n) is 6.41. The van der Waals surface area contributed by atoms with Crippen LogP contribution in [0.15, 0.2) is 24.3 Å². The quantitative estimate of drug-likeness (QED) is 0.905. The second-order valence-electron chi connectivity index (χ2n) is 5.48. The molecular formula is C14H17F3N2O. The summed E-state index contributed by atoms with van der Waals surface area (Å²) in [4.78, 5) is 13.8. The zero-order chi connectivity index (χ0) is 15.0. The highest BCUT2D eigenvalue weighted by Gasteiger charge is 2.35. The second kappa shape index (κ2) is 5.09. The van der Waals surface area contributed by atoms with E-state index in [4.69, 9.17) is 0 Å². The Kier molecular flexibility index (Phi) is 3.77. The first-order chi connectivity index (χ1) is 9.20. The van der Waals surface area contributed by atoms with Gasteiger partial charge in [-0.05, 0) is 31.5 Å². The van der Waals surface area contributed by atoms with Crippen LogP contribution < -0.4 is 5.32 Å². The maximum absolute atomic E-state index is 12.7. The van der Waals surface area contributed by atoms with E-state index >= 15 is 0 Å². The highest BCUT2D eigenvalue weighted by Crippen LogP contribution is 2.30. The topological polar surface area (TPSA) is 32.3 Å². The average molecular weight is 286 g/mol. The predicted octanol–water partition coefficient (Wildman–Crippen LogP) is 2.42. The monoisotopic (exact) mass is 286 g/mol. The molecule has 0 aromatic heterocycles. The molecule has 0 saturated carbocycles. The molecule has 0 spiro atoms. The van der Waals surface area contributed by atoms with E-state index in [1.165, 1.54) is 6.07 Å². The van der Waals surface area contributed by atoms with Gasteiger partial charge >= 0.3 is 6.18 Å². The van der Waals surface area contributed by atoms with Crippen LogP contribution in [0.4, 0.5) is 13.2 Å². The molecule has 0 aliphatic carbocycles. The van der Waals surface area contributed by atoms with Gasteiger partial charge in [-0.15, -0.1) is 0 Å². The molecule has 20 heavy (non-hydrogen) atoms. The summed E-state index contributed by atoms with van der Waals surface area (Å²) < 4.78 is 38.0. The molecule has 0 bridgehead atoms. The van der Waals surface area contributed by atoms with E-state index in [0.29, 0.717) is 18.7 Å². The van der Waals surface area contributed by atoms with Gasteiger partial charge < -0.3 is 10.2 Å². The van der Waals surface area contributed by atoms with Crippen molar-refractivity contribution in [2.24, 2.45) is 0 Å².